The summed E-state index contributed by atoms with van der Waals surface area (Å²) in [4.78, 5) is 28.3. The zero-order valence-corrected chi connectivity index (χ0v) is 21.4. The second-order valence-corrected chi connectivity index (χ2v) is 10.4. The van der Waals surface area contributed by atoms with Gasteiger partial charge >= 0.3 is 5.97 Å². The first-order valence-electron chi connectivity index (χ1n) is 12.5. The second-order valence-electron chi connectivity index (χ2n) is 9.43. The maximum absolute atomic E-state index is 13.7. The number of rotatable bonds is 7. The molecule has 190 valence electrons. The van der Waals surface area contributed by atoms with Gasteiger partial charge in [0.25, 0.3) is 0 Å². The van der Waals surface area contributed by atoms with Crippen molar-refractivity contribution in [2.45, 2.75) is 57.5 Å². The van der Waals surface area contributed by atoms with Gasteiger partial charge < -0.3 is 24.6 Å². The number of benzene rings is 1. The molecule has 0 saturated carbocycles. The van der Waals surface area contributed by atoms with Crippen LogP contribution >= 0.6 is 11.3 Å². The Balaban J connectivity index is 1.53. The number of ether oxygens (including phenoxy) is 3. The molecule has 1 aliphatic carbocycles. The monoisotopic (exact) mass is 509 g/mol. The fourth-order valence-electron chi connectivity index (χ4n) is 5.37. The predicted octanol–water partition coefficient (Wildman–Crippen LogP) is 4.94. The van der Waals surface area contributed by atoms with Crippen LogP contribution in [0.3, 0.4) is 0 Å². The fraction of sp³-hybridized carbons (Fsp3) is 0.429. The number of phenolic OH excluding ortho intramolecular Hbond substituents is 1. The molecule has 1 aromatic carbocycles. The standard InChI is InChI=1S/C28H31NO6S/c1-3-33-23-14-17(8-9-21(23)30)26-25(28(32)35-15-19-6-4-10-34-19)16(2)29-20-12-18(13-22(31)27(20)26)24-7-5-11-36-24/h5,7-9,11,14,18-19,26,29-30H,3-4,6,10,12-13,15H2,1-2H3/t18-,19-,26-/m1/s1. The first-order valence-corrected chi connectivity index (χ1v) is 13.4. The van der Waals surface area contributed by atoms with Gasteiger partial charge in [-0.15, -0.1) is 11.3 Å². The molecular formula is C28H31NO6S. The van der Waals surface area contributed by atoms with Gasteiger partial charge in [0.15, 0.2) is 17.3 Å². The van der Waals surface area contributed by atoms with Crippen LogP contribution in [-0.2, 0) is 19.1 Å². The van der Waals surface area contributed by atoms with E-state index in [-0.39, 0.29) is 30.2 Å². The molecule has 2 aromatic rings. The first kappa shape index (κ1) is 24.6. The third-order valence-electron chi connectivity index (χ3n) is 7.03. The number of allylic oxidation sites excluding steroid dienone is 3. The van der Waals surface area contributed by atoms with Crippen LogP contribution in [0.5, 0.6) is 11.5 Å². The van der Waals surface area contributed by atoms with E-state index in [4.69, 9.17) is 14.2 Å². The summed E-state index contributed by atoms with van der Waals surface area (Å²) in [6.07, 6.45) is 2.79. The zero-order valence-electron chi connectivity index (χ0n) is 20.5. The Labute approximate surface area is 214 Å². The summed E-state index contributed by atoms with van der Waals surface area (Å²) in [5.74, 6) is -0.639. The fourth-order valence-corrected chi connectivity index (χ4v) is 6.20. The first-order chi connectivity index (χ1) is 17.5. The highest BCUT2D eigenvalue weighted by Crippen LogP contribution is 2.47. The lowest BCUT2D eigenvalue weighted by Crippen LogP contribution is -2.36. The van der Waals surface area contributed by atoms with E-state index in [1.807, 2.05) is 25.3 Å². The number of nitrogens with one attached hydrogen (secondary N) is 1. The molecule has 3 atom stereocenters. The van der Waals surface area contributed by atoms with Gasteiger partial charge in [0.2, 0.25) is 0 Å². The topological polar surface area (TPSA) is 94.1 Å². The molecule has 2 N–H and O–H groups in total. The van der Waals surface area contributed by atoms with E-state index < -0.39 is 11.9 Å². The van der Waals surface area contributed by atoms with Crippen molar-refractivity contribution < 1.29 is 28.9 Å². The lowest BCUT2D eigenvalue weighted by Gasteiger charge is -2.36. The van der Waals surface area contributed by atoms with Gasteiger partial charge in [-0.25, -0.2) is 4.79 Å². The molecule has 0 radical (unpaired) electrons. The Morgan fingerprint density at radius 3 is 2.86 bits per heavy atom. The maximum atomic E-state index is 13.7. The summed E-state index contributed by atoms with van der Waals surface area (Å²) in [7, 11) is 0. The van der Waals surface area contributed by atoms with Gasteiger partial charge in [-0.05, 0) is 62.3 Å². The third kappa shape index (κ3) is 4.80. The minimum absolute atomic E-state index is 0.00936. The summed E-state index contributed by atoms with van der Waals surface area (Å²) in [6.45, 7) is 4.93. The van der Waals surface area contributed by atoms with Gasteiger partial charge in [0, 0.05) is 46.7 Å². The summed E-state index contributed by atoms with van der Waals surface area (Å²) in [6, 6.07) is 9.09. The minimum Gasteiger partial charge on any atom is -0.504 e. The number of carbonyl (C=O) groups excluding carboxylic acids is 2. The van der Waals surface area contributed by atoms with E-state index in [0.717, 1.165) is 18.5 Å². The van der Waals surface area contributed by atoms with Crippen molar-refractivity contribution in [2.24, 2.45) is 0 Å². The van der Waals surface area contributed by atoms with Crippen LogP contribution in [0.4, 0.5) is 0 Å². The highest BCUT2D eigenvalue weighted by atomic mass is 32.1. The molecule has 2 aliphatic heterocycles. The molecule has 1 fully saturated rings. The van der Waals surface area contributed by atoms with Crippen LogP contribution in [0.25, 0.3) is 0 Å². The molecule has 3 heterocycles. The number of esters is 1. The van der Waals surface area contributed by atoms with Crippen LogP contribution in [0.15, 0.2) is 58.3 Å². The van der Waals surface area contributed by atoms with E-state index >= 15 is 0 Å². The summed E-state index contributed by atoms with van der Waals surface area (Å²) >= 11 is 1.66. The number of aromatic hydroxyl groups is 1. The quantitative estimate of drug-likeness (QED) is 0.511. The lowest BCUT2D eigenvalue weighted by molar-refractivity contribution is -0.142. The summed E-state index contributed by atoms with van der Waals surface area (Å²) in [5, 5.41) is 15.7. The summed E-state index contributed by atoms with van der Waals surface area (Å²) < 4.78 is 16.9. The van der Waals surface area contributed by atoms with Crippen LogP contribution < -0.4 is 10.1 Å². The van der Waals surface area contributed by atoms with Crippen molar-refractivity contribution in [2.75, 3.05) is 19.8 Å². The Bertz CT molecular complexity index is 1210. The molecule has 0 unspecified atom stereocenters. The lowest BCUT2D eigenvalue weighted by atomic mass is 9.72. The molecule has 5 rings (SSSR count). The van der Waals surface area contributed by atoms with Gasteiger partial charge in [-0.3, -0.25) is 4.79 Å². The molecule has 0 bridgehead atoms. The molecule has 7 nitrogen and oxygen atoms in total. The van der Waals surface area contributed by atoms with Crippen LogP contribution in [0, 0.1) is 0 Å². The number of phenols is 1. The van der Waals surface area contributed by atoms with Crippen LogP contribution in [0.2, 0.25) is 0 Å². The van der Waals surface area contributed by atoms with Crippen molar-refractivity contribution in [3.8, 4) is 11.5 Å². The van der Waals surface area contributed by atoms with E-state index in [2.05, 4.69) is 11.4 Å². The largest absolute Gasteiger partial charge is 0.504 e. The second kappa shape index (κ2) is 10.5. The van der Waals surface area contributed by atoms with Crippen molar-refractivity contribution in [1.29, 1.82) is 0 Å². The Morgan fingerprint density at radius 2 is 2.14 bits per heavy atom. The molecule has 0 spiro atoms. The summed E-state index contributed by atoms with van der Waals surface area (Å²) in [5.41, 5.74) is 3.21. The number of hydrogen-bond acceptors (Lipinski definition) is 8. The zero-order chi connectivity index (χ0) is 25.2. The molecule has 3 aliphatic rings. The number of ketones is 1. The number of Topliss-reactive ketones (excluding diaryl/α,β-unsaturated/α-hetero) is 1. The van der Waals surface area contributed by atoms with Gasteiger partial charge in [-0.2, -0.15) is 0 Å². The average Bonchev–Trinajstić information content (AvgIpc) is 3.58. The Kier molecular flexibility index (Phi) is 7.16. The average molecular weight is 510 g/mol. The molecule has 1 saturated heterocycles. The number of dihydropyridines is 1. The van der Waals surface area contributed by atoms with Crippen LogP contribution in [-0.4, -0.2) is 42.8 Å². The van der Waals surface area contributed by atoms with E-state index in [0.29, 0.717) is 54.2 Å². The highest BCUT2D eigenvalue weighted by molar-refractivity contribution is 7.10. The maximum Gasteiger partial charge on any atom is 0.336 e. The number of hydrogen-bond donors (Lipinski definition) is 2. The SMILES string of the molecule is CCOc1cc([C@@H]2C(C(=O)OC[C@H]3CCCO3)=C(C)NC3=C2C(=O)C[C@H](c2cccs2)C3)ccc1O. The Morgan fingerprint density at radius 1 is 1.28 bits per heavy atom. The van der Waals surface area contributed by atoms with Crippen molar-refractivity contribution in [3.05, 3.63) is 68.7 Å². The van der Waals surface area contributed by atoms with E-state index in [1.54, 1.807) is 29.5 Å². The minimum atomic E-state index is -0.616. The molecule has 36 heavy (non-hydrogen) atoms. The van der Waals surface area contributed by atoms with E-state index in [9.17, 15) is 14.7 Å². The van der Waals surface area contributed by atoms with Gasteiger partial charge in [-0.1, -0.05) is 12.1 Å². The van der Waals surface area contributed by atoms with Crippen LogP contribution in [0.1, 0.15) is 61.8 Å². The predicted molar refractivity (Wildman–Crippen MR) is 136 cm³/mol. The molecule has 1 aromatic heterocycles. The van der Waals surface area contributed by atoms with Crippen molar-refractivity contribution in [1.82, 2.24) is 5.32 Å². The van der Waals surface area contributed by atoms with E-state index in [1.165, 1.54) is 4.88 Å². The van der Waals surface area contributed by atoms with Gasteiger partial charge in [0.05, 0.1) is 18.3 Å². The number of carbonyl (C=O) groups is 2. The van der Waals surface area contributed by atoms with Crippen molar-refractivity contribution in [3.63, 3.8) is 0 Å². The molecule has 8 heteroatoms. The molecular weight excluding hydrogens is 478 g/mol. The van der Waals surface area contributed by atoms with Crippen molar-refractivity contribution >= 4 is 23.1 Å². The normalized spacial score (nSPS) is 23.9. The Hall–Kier alpha value is -3.10. The van der Waals surface area contributed by atoms with Gasteiger partial charge in [0.1, 0.15) is 6.61 Å². The highest BCUT2D eigenvalue weighted by Gasteiger charge is 2.42. The molecule has 0 amide bonds. The number of thiophene rings is 1. The third-order valence-corrected chi connectivity index (χ3v) is 8.07. The smallest absolute Gasteiger partial charge is 0.336 e.